The Morgan fingerprint density at radius 2 is 1.56 bits per heavy atom. The van der Waals surface area contributed by atoms with Crippen molar-refractivity contribution in [3.8, 4) is 0 Å². The van der Waals surface area contributed by atoms with Gasteiger partial charge in [0.25, 0.3) is 17.7 Å². The average molecular weight is 373 g/mol. The van der Waals surface area contributed by atoms with Crippen LogP contribution in [0.1, 0.15) is 42.5 Å². The average Bonchev–Trinajstić information content (AvgIpc) is 2.66. The van der Waals surface area contributed by atoms with Gasteiger partial charge in [-0.15, -0.1) is 0 Å². The monoisotopic (exact) mass is 373 g/mol. The van der Waals surface area contributed by atoms with Crippen molar-refractivity contribution in [3.63, 3.8) is 0 Å². The molecular weight excluding hydrogens is 354 g/mol. The highest BCUT2D eigenvalue weighted by Gasteiger charge is 2.60. The molecule has 2 fully saturated rings. The summed E-state index contributed by atoms with van der Waals surface area (Å²) in [5.74, 6) is -4.70. The smallest absolute Gasteiger partial charge is 0.344 e. The van der Waals surface area contributed by atoms with Gasteiger partial charge in [-0.1, -0.05) is 37.5 Å². The molecule has 2 aliphatic rings. The number of urea groups is 1. The number of imide groups is 2. The molecule has 1 aromatic carbocycles. The molecule has 1 heterocycles. The number of barbiturate groups is 1. The van der Waals surface area contributed by atoms with Crippen molar-refractivity contribution >= 4 is 29.7 Å². The SMILES string of the molecule is O=C1NC(=O)C(OC(=O)c2ccccc2)(C(=O)NC2CCCCC2)C(=O)N1. The Morgan fingerprint density at radius 1 is 0.963 bits per heavy atom. The predicted molar refractivity (Wildman–Crippen MR) is 91.3 cm³/mol. The Morgan fingerprint density at radius 3 is 2.15 bits per heavy atom. The summed E-state index contributed by atoms with van der Waals surface area (Å²) in [7, 11) is 0. The second-order valence-corrected chi connectivity index (χ2v) is 6.48. The van der Waals surface area contributed by atoms with E-state index in [1.54, 1.807) is 18.2 Å². The van der Waals surface area contributed by atoms with Gasteiger partial charge in [0.15, 0.2) is 0 Å². The molecule has 1 aliphatic carbocycles. The third kappa shape index (κ3) is 3.67. The second-order valence-electron chi connectivity index (χ2n) is 6.48. The number of carbonyl (C=O) groups excluding carboxylic acids is 5. The van der Waals surface area contributed by atoms with E-state index >= 15 is 0 Å². The van der Waals surface area contributed by atoms with Crippen LogP contribution in [0.15, 0.2) is 30.3 Å². The van der Waals surface area contributed by atoms with Gasteiger partial charge in [0, 0.05) is 6.04 Å². The Labute approximate surface area is 154 Å². The topological polar surface area (TPSA) is 131 Å². The van der Waals surface area contributed by atoms with Crippen molar-refractivity contribution in [2.45, 2.75) is 43.7 Å². The first-order valence-corrected chi connectivity index (χ1v) is 8.69. The first-order valence-electron chi connectivity index (χ1n) is 8.69. The molecule has 9 nitrogen and oxygen atoms in total. The van der Waals surface area contributed by atoms with Gasteiger partial charge in [-0.25, -0.2) is 9.59 Å². The molecule has 5 amide bonds. The van der Waals surface area contributed by atoms with Crippen molar-refractivity contribution in [1.29, 1.82) is 0 Å². The number of rotatable bonds is 4. The minimum absolute atomic E-state index is 0.0554. The molecule has 0 spiro atoms. The summed E-state index contributed by atoms with van der Waals surface area (Å²) in [5, 5.41) is 6.27. The van der Waals surface area contributed by atoms with Crippen LogP contribution >= 0.6 is 0 Å². The second kappa shape index (κ2) is 7.56. The van der Waals surface area contributed by atoms with Gasteiger partial charge in [-0.3, -0.25) is 25.0 Å². The van der Waals surface area contributed by atoms with Crippen LogP contribution in [0, 0.1) is 0 Å². The van der Waals surface area contributed by atoms with Crippen LogP contribution in [0.3, 0.4) is 0 Å². The summed E-state index contributed by atoms with van der Waals surface area (Å²) < 4.78 is 5.11. The molecule has 3 N–H and O–H groups in total. The number of ether oxygens (including phenoxy) is 1. The van der Waals surface area contributed by atoms with E-state index in [0.717, 1.165) is 19.3 Å². The van der Waals surface area contributed by atoms with Crippen molar-refractivity contribution in [2.24, 2.45) is 0 Å². The molecule has 142 valence electrons. The van der Waals surface area contributed by atoms with Crippen LogP contribution < -0.4 is 16.0 Å². The molecule has 0 atom stereocenters. The lowest BCUT2D eigenvalue weighted by Crippen LogP contribution is -2.74. The molecule has 0 radical (unpaired) electrons. The predicted octanol–water partition coefficient (Wildman–Crippen LogP) is 0.397. The Bertz CT molecular complexity index is 766. The Kier molecular flexibility index (Phi) is 5.20. The maximum Gasteiger partial charge on any atom is 0.344 e. The summed E-state index contributed by atoms with van der Waals surface area (Å²) in [6.07, 6.45) is 4.22. The first-order chi connectivity index (χ1) is 12.9. The van der Waals surface area contributed by atoms with Gasteiger partial charge in [0.05, 0.1) is 5.56 Å². The minimum Gasteiger partial charge on any atom is -0.425 e. The Balaban J connectivity index is 1.89. The molecule has 0 aromatic heterocycles. The van der Waals surface area contributed by atoms with Crippen LogP contribution in [0.25, 0.3) is 0 Å². The molecule has 1 aromatic rings. The van der Waals surface area contributed by atoms with E-state index in [0.29, 0.717) is 12.8 Å². The molecule has 1 saturated carbocycles. The van der Waals surface area contributed by atoms with Crippen molar-refractivity contribution in [2.75, 3.05) is 0 Å². The molecule has 3 rings (SSSR count). The number of amides is 5. The van der Waals surface area contributed by atoms with Crippen LogP contribution in [0.4, 0.5) is 4.79 Å². The highest BCUT2D eigenvalue weighted by Crippen LogP contribution is 2.22. The van der Waals surface area contributed by atoms with E-state index in [4.69, 9.17) is 4.74 Å². The summed E-state index contributed by atoms with van der Waals surface area (Å²) in [5.41, 5.74) is -2.75. The summed E-state index contributed by atoms with van der Waals surface area (Å²) in [6.45, 7) is 0. The van der Waals surface area contributed by atoms with E-state index in [1.807, 2.05) is 10.6 Å². The fourth-order valence-corrected chi connectivity index (χ4v) is 3.17. The van der Waals surface area contributed by atoms with E-state index in [1.165, 1.54) is 12.1 Å². The number of hydrogen-bond acceptors (Lipinski definition) is 6. The molecule has 1 aliphatic heterocycles. The van der Waals surface area contributed by atoms with Crippen LogP contribution in [0.5, 0.6) is 0 Å². The van der Waals surface area contributed by atoms with Crippen molar-refractivity contribution in [1.82, 2.24) is 16.0 Å². The minimum atomic E-state index is -2.81. The Hall–Kier alpha value is -3.23. The lowest BCUT2D eigenvalue weighted by molar-refractivity contribution is -0.164. The van der Waals surface area contributed by atoms with Crippen LogP contribution in [-0.4, -0.2) is 41.4 Å². The number of hydrogen-bond donors (Lipinski definition) is 3. The highest BCUT2D eigenvalue weighted by molar-refractivity contribution is 6.34. The normalized spacial score (nSPS) is 19.6. The van der Waals surface area contributed by atoms with Gasteiger partial charge in [-0.2, -0.15) is 0 Å². The van der Waals surface area contributed by atoms with Gasteiger partial charge >= 0.3 is 17.6 Å². The summed E-state index contributed by atoms with van der Waals surface area (Å²) >= 11 is 0. The third-order valence-corrected chi connectivity index (χ3v) is 4.61. The number of esters is 1. The maximum absolute atomic E-state index is 12.9. The van der Waals surface area contributed by atoms with E-state index in [9.17, 15) is 24.0 Å². The van der Waals surface area contributed by atoms with Gasteiger partial charge in [-0.05, 0) is 25.0 Å². The first kappa shape index (κ1) is 18.6. The summed E-state index contributed by atoms with van der Waals surface area (Å²) in [6, 6.07) is 6.31. The number of benzene rings is 1. The third-order valence-electron chi connectivity index (χ3n) is 4.61. The standard InChI is InChI=1S/C18H19N3O6/c22-13(11-7-3-1-4-8-11)27-18(15(24)20-17(26)21-16(18)25)14(23)19-12-9-5-2-6-10-12/h1,3-4,7-8,12H,2,5-6,9-10H2,(H,19,23)(H2,20,21,24,25,26). The van der Waals surface area contributed by atoms with E-state index in [-0.39, 0.29) is 11.6 Å². The molecule has 0 unspecified atom stereocenters. The van der Waals surface area contributed by atoms with Gasteiger partial charge < -0.3 is 10.1 Å². The van der Waals surface area contributed by atoms with E-state index in [2.05, 4.69) is 5.32 Å². The molecule has 0 bridgehead atoms. The zero-order chi connectivity index (χ0) is 19.4. The fraction of sp³-hybridized carbons (Fsp3) is 0.389. The zero-order valence-corrected chi connectivity index (χ0v) is 14.4. The fourth-order valence-electron chi connectivity index (χ4n) is 3.17. The van der Waals surface area contributed by atoms with Crippen LogP contribution in [-0.2, 0) is 19.1 Å². The molecule has 1 saturated heterocycles. The molecule has 27 heavy (non-hydrogen) atoms. The van der Waals surface area contributed by atoms with Crippen molar-refractivity contribution < 1.29 is 28.7 Å². The summed E-state index contributed by atoms with van der Waals surface area (Å²) in [4.78, 5) is 61.6. The highest BCUT2D eigenvalue weighted by atomic mass is 16.6. The number of nitrogens with one attached hydrogen (secondary N) is 3. The van der Waals surface area contributed by atoms with Gasteiger partial charge in [0.1, 0.15) is 0 Å². The lowest BCUT2D eigenvalue weighted by Gasteiger charge is -2.34. The zero-order valence-electron chi connectivity index (χ0n) is 14.4. The van der Waals surface area contributed by atoms with Crippen LogP contribution in [0.2, 0.25) is 0 Å². The molecule has 9 heteroatoms. The largest absolute Gasteiger partial charge is 0.425 e. The van der Waals surface area contributed by atoms with Crippen molar-refractivity contribution in [3.05, 3.63) is 35.9 Å². The quantitative estimate of drug-likeness (QED) is 0.517. The number of carbonyl (C=O) groups is 5. The lowest BCUT2D eigenvalue weighted by atomic mass is 9.93. The van der Waals surface area contributed by atoms with Gasteiger partial charge in [0.2, 0.25) is 0 Å². The maximum atomic E-state index is 12.9. The molecular formula is C18H19N3O6. The van der Waals surface area contributed by atoms with E-state index < -0.39 is 35.3 Å².